The molecular formula is C22H28ClN7. The van der Waals surface area contributed by atoms with Crippen LogP contribution in [0.1, 0.15) is 24.5 Å². The summed E-state index contributed by atoms with van der Waals surface area (Å²) in [7, 11) is 1.97. The Hall–Kier alpha value is -2.80. The van der Waals surface area contributed by atoms with Gasteiger partial charge in [-0.05, 0) is 55.5 Å². The first kappa shape index (κ1) is 20.5. The summed E-state index contributed by atoms with van der Waals surface area (Å²) >= 11 is 5.97. The molecule has 1 atom stereocenters. The van der Waals surface area contributed by atoms with Crippen LogP contribution in [0.15, 0.2) is 54.0 Å². The highest BCUT2D eigenvalue weighted by atomic mass is 35.5. The van der Waals surface area contributed by atoms with E-state index in [9.17, 15) is 0 Å². The molecule has 2 aromatic heterocycles. The van der Waals surface area contributed by atoms with E-state index in [4.69, 9.17) is 16.6 Å². The number of aliphatic imine (C=N–C) groups is 1. The highest BCUT2D eigenvalue weighted by Crippen LogP contribution is 2.21. The fourth-order valence-electron chi connectivity index (χ4n) is 3.87. The standard InChI is InChI=1S/C22H28ClN7/c1-3-24-22(29-9-8-17(15-29)10-18-12-26-28(2)14-18)25-11-19-13-27-30(16-19)21-6-4-20(23)5-7-21/h4-7,12-14,16-17H,3,8-11,15H2,1-2H3,(H,24,25). The van der Waals surface area contributed by atoms with Crippen LogP contribution in [-0.2, 0) is 20.0 Å². The van der Waals surface area contributed by atoms with E-state index in [1.54, 1.807) is 0 Å². The molecule has 1 fully saturated rings. The Morgan fingerprint density at radius 1 is 1.17 bits per heavy atom. The van der Waals surface area contributed by atoms with Crippen molar-refractivity contribution < 1.29 is 0 Å². The lowest BCUT2D eigenvalue weighted by Crippen LogP contribution is -2.40. The Bertz CT molecular complexity index is 989. The zero-order valence-corrected chi connectivity index (χ0v) is 18.3. The lowest BCUT2D eigenvalue weighted by Gasteiger charge is -2.21. The Kier molecular flexibility index (Phi) is 6.38. The second-order valence-electron chi connectivity index (χ2n) is 7.77. The first-order valence-corrected chi connectivity index (χ1v) is 10.8. The van der Waals surface area contributed by atoms with E-state index < -0.39 is 0 Å². The summed E-state index contributed by atoms with van der Waals surface area (Å²) in [6.45, 7) is 5.61. The zero-order valence-electron chi connectivity index (χ0n) is 17.5. The smallest absolute Gasteiger partial charge is 0.194 e. The quantitative estimate of drug-likeness (QED) is 0.486. The van der Waals surface area contributed by atoms with Gasteiger partial charge in [-0.3, -0.25) is 4.68 Å². The zero-order chi connectivity index (χ0) is 20.9. The summed E-state index contributed by atoms with van der Waals surface area (Å²) in [5.41, 5.74) is 3.37. The van der Waals surface area contributed by atoms with Gasteiger partial charge in [-0.25, -0.2) is 9.67 Å². The van der Waals surface area contributed by atoms with Gasteiger partial charge >= 0.3 is 0 Å². The van der Waals surface area contributed by atoms with Crippen molar-refractivity contribution in [2.45, 2.75) is 26.3 Å². The second kappa shape index (κ2) is 9.34. The van der Waals surface area contributed by atoms with Crippen LogP contribution in [0, 0.1) is 5.92 Å². The Morgan fingerprint density at radius 2 is 1.97 bits per heavy atom. The Balaban J connectivity index is 1.39. The SMILES string of the molecule is CCNC(=NCc1cnn(-c2ccc(Cl)cc2)c1)N1CCC(Cc2cnn(C)c2)C1. The van der Waals surface area contributed by atoms with Gasteiger partial charge < -0.3 is 10.2 Å². The van der Waals surface area contributed by atoms with Gasteiger partial charge in [0.25, 0.3) is 0 Å². The van der Waals surface area contributed by atoms with Gasteiger partial charge in [0, 0.05) is 49.7 Å². The summed E-state index contributed by atoms with van der Waals surface area (Å²) in [4.78, 5) is 7.24. The Morgan fingerprint density at radius 3 is 2.70 bits per heavy atom. The second-order valence-corrected chi connectivity index (χ2v) is 8.20. The van der Waals surface area contributed by atoms with Crippen molar-refractivity contribution in [1.29, 1.82) is 0 Å². The van der Waals surface area contributed by atoms with E-state index in [1.807, 2.05) is 59.3 Å². The number of nitrogens with one attached hydrogen (secondary N) is 1. The van der Waals surface area contributed by atoms with Gasteiger partial charge in [0.1, 0.15) is 0 Å². The fourth-order valence-corrected chi connectivity index (χ4v) is 4.00. The van der Waals surface area contributed by atoms with Crippen molar-refractivity contribution in [3.63, 3.8) is 0 Å². The van der Waals surface area contributed by atoms with Crippen LogP contribution in [0.5, 0.6) is 0 Å². The number of aromatic nitrogens is 4. The summed E-state index contributed by atoms with van der Waals surface area (Å²) in [5, 5.41) is 12.9. The fraction of sp³-hybridized carbons (Fsp3) is 0.409. The molecule has 3 heterocycles. The van der Waals surface area contributed by atoms with Crippen molar-refractivity contribution in [2.24, 2.45) is 18.0 Å². The van der Waals surface area contributed by atoms with Gasteiger partial charge in [0.15, 0.2) is 5.96 Å². The van der Waals surface area contributed by atoms with Gasteiger partial charge in [0.05, 0.1) is 24.6 Å². The lowest BCUT2D eigenvalue weighted by atomic mass is 10.0. The molecular weight excluding hydrogens is 398 g/mol. The highest BCUT2D eigenvalue weighted by molar-refractivity contribution is 6.30. The van der Waals surface area contributed by atoms with E-state index in [1.165, 1.54) is 12.0 Å². The molecule has 158 valence electrons. The number of halogens is 1. The molecule has 0 bridgehead atoms. The third-order valence-electron chi connectivity index (χ3n) is 5.34. The van der Waals surface area contributed by atoms with Crippen molar-refractivity contribution in [2.75, 3.05) is 19.6 Å². The van der Waals surface area contributed by atoms with Crippen LogP contribution in [0.4, 0.5) is 0 Å². The monoisotopic (exact) mass is 425 g/mol. The molecule has 0 amide bonds. The minimum absolute atomic E-state index is 0.597. The van der Waals surface area contributed by atoms with Gasteiger partial charge in [-0.1, -0.05) is 11.6 Å². The van der Waals surface area contributed by atoms with Crippen molar-refractivity contribution in [3.8, 4) is 5.69 Å². The maximum absolute atomic E-state index is 5.97. The first-order chi connectivity index (χ1) is 14.6. The van der Waals surface area contributed by atoms with Gasteiger partial charge in [0.2, 0.25) is 0 Å². The maximum Gasteiger partial charge on any atom is 0.194 e. The van der Waals surface area contributed by atoms with E-state index >= 15 is 0 Å². The summed E-state index contributed by atoms with van der Waals surface area (Å²) in [5.74, 6) is 1.61. The normalized spacial score (nSPS) is 17.0. The van der Waals surface area contributed by atoms with Crippen molar-refractivity contribution in [3.05, 3.63) is 65.2 Å². The number of hydrogen-bond acceptors (Lipinski definition) is 3. The van der Waals surface area contributed by atoms with Crippen LogP contribution in [0.2, 0.25) is 5.02 Å². The molecule has 0 saturated carbocycles. The number of nitrogens with zero attached hydrogens (tertiary/aromatic N) is 6. The van der Waals surface area contributed by atoms with E-state index in [0.29, 0.717) is 12.5 Å². The average molecular weight is 426 g/mol. The van der Waals surface area contributed by atoms with Crippen LogP contribution in [0.3, 0.4) is 0 Å². The lowest BCUT2D eigenvalue weighted by molar-refractivity contribution is 0.460. The predicted molar refractivity (Wildman–Crippen MR) is 120 cm³/mol. The third-order valence-corrected chi connectivity index (χ3v) is 5.59. The average Bonchev–Trinajstić information content (AvgIpc) is 3.48. The first-order valence-electron chi connectivity index (χ1n) is 10.4. The van der Waals surface area contributed by atoms with Crippen LogP contribution in [-0.4, -0.2) is 50.1 Å². The van der Waals surface area contributed by atoms with Crippen LogP contribution in [0.25, 0.3) is 5.69 Å². The Labute approximate surface area is 182 Å². The number of hydrogen-bond donors (Lipinski definition) is 1. The largest absolute Gasteiger partial charge is 0.357 e. The topological polar surface area (TPSA) is 63.3 Å². The molecule has 1 aliphatic rings. The minimum atomic E-state index is 0.597. The summed E-state index contributed by atoms with van der Waals surface area (Å²) in [6.07, 6.45) is 10.2. The van der Waals surface area contributed by atoms with Crippen molar-refractivity contribution >= 4 is 17.6 Å². The third kappa shape index (κ3) is 5.02. The maximum atomic E-state index is 5.97. The summed E-state index contributed by atoms with van der Waals surface area (Å²) < 4.78 is 3.73. The van der Waals surface area contributed by atoms with Gasteiger partial charge in [-0.15, -0.1) is 0 Å². The molecule has 0 aliphatic carbocycles. The molecule has 8 heteroatoms. The minimum Gasteiger partial charge on any atom is -0.357 e. The van der Waals surface area contributed by atoms with E-state index in [-0.39, 0.29) is 0 Å². The molecule has 0 spiro atoms. The van der Waals surface area contributed by atoms with Crippen LogP contribution < -0.4 is 5.32 Å². The van der Waals surface area contributed by atoms with E-state index in [0.717, 1.165) is 48.3 Å². The summed E-state index contributed by atoms with van der Waals surface area (Å²) in [6, 6.07) is 7.65. The molecule has 1 aromatic carbocycles. The number of guanidine groups is 1. The van der Waals surface area contributed by atoms with E-state index in [2.05, 4.69) is 33.5 Å². The van der Waals surface area contributed by atoms with Gasteiger partial charge in [-0.2, -0.15) is 10.2 Å². The molecule has 7 nitrogen and oxygen atoms in total. The molecule has 4 rings (SSSR count). The number of likely N-dealkylation sites (tertiary alicyclic amines) is 1. The number of aryl methyl sites for hydroxylation is 1. The molecule has 30 heavy (non-hydrogen) atoms. The molecule has 1 aliphatic heterocycles. The highest BCUT2D eigenvalue weighted by Gasteiger charge is 2.25. The molecule has 1 saturated heterocycles. The molecule has 1 unspecified atom stereocenters. The van der Waals surface area contributed by atoms with Crippen LogP contribution >= 0.6 is 11.6 Å². The molecule has 3 aromatic rings. The predicted octanol–water partition coefficient (Wildman–Crippen LogP) is 3.29. The molecule has 1 N–H and O–H groups in total. The number of rotatable bonds is 6. The van der Waals surface area contributed by atoms with Crippen molar-refractivity contribution in [1.82, 2.24) is 29.8 Å². The number of benzene rings is 1. The molecule has 0 radical (unpaired) electrons.